The Morgan fingerprint density at radius 3 is 2.55 bits per heavy atom. The Morgan fingerprint density at radius 2 is 1.87 bits per heavy atom. The van der Waals surface area contributed by atoms with Gasteiger partial charge in [-0.05, 0) is 75.8 Å². The van der Waals surface area contributed by atoms with Crippen LogP contribution < -0.4 is 15.5 Å². The fourth-order valence-corrected chi connectivity index (χ4v) is 5.06. The fourth-order valence-electron chi connectivity index (χ4n) is 4.39. The first-order valence-corrected chi connectivity index (χ1v) is 12.3. The highest BCUT2D eigenvalue weighted by Crippen LogP contribution is 2.33. The maximum absolute atomic E-state index is 11.4. The zero-order chi connectivity index (χ0) is 22.2. The number of hydrogen-bond acceptors (Lipinski definition) is 5. The van der Waals surface area contributed by atoms with E-state index in [1.165, 1.54) is 19.3 Å². The molecule has 1 saturated heterocycles. The number of alkyl carbamates (subject to hydrolysis) is 1. The molecule has 1 saturated carbocycles. The van der Waals surface area contributed by atoms with Crippen LogP contribution in [0.4, 0.5) is 10.5 Å². The Labute approximate surface area is 200 Å². The lowest BCUT2D eigenvalue weighted by atomic mass is 9.84. The second kappa shape index (κ2) is 12.1. The van der Waals surface area contributed by atoms with E-state index in [0.717, 1.165) is 57.2 Å². The minimum atomic E-state index is -0.494. The van der Waals surface area contributed by atoms with E-state index in [-0.39, 0.29) is 0 Å². The number of carbonyl (C=O) groups excluding carboxylic acids is 1. The first kappa shape index (κ1) is 24.4. The summed E-state index contributed by atoms with van der Waals surface area (Å²) in [5, 5.41) is 7.44. The normalized spacial score (nSPS) is 22.1. The quantitative estimate of drug-likeness (QED) is 0.569. The molecule has 2 aliphatic rings. The molecule has 1 amide bonds. The first-order valence-electron chi connectivity index (χ1n) is 11.1. The van der Waals surface area contributed by atoms with E-state index in [1.54, 1.807) is 6.92 Å². The number of amides is 1. The summed E-state index contributed by atoms with van der Waals surface area (Å²) in [6, 6.07) is 6.17. The lowest BCUT2D eigenvalue weighted by Gasteiger charge is -2.37. The molecule has 9 heteroatoms. The van der Waals surface area contributed by atoms with Gasteiger partial charge in [0.1, 0.15) is 0 Å². The highest BCUT2D eigenvalue weighted by molar-refractivity contribution is 7.80. The van der Waals surface area contributed by atoms with Gasteiger partial charge in [0.15, 0.2) is 5.11 Å². The SMILES string of the molecule is CCOC(=O)NC(=S)N[C@H]1CC[C@H](CCN2CCN(c3cccc(Cl)c3Cl)CC2)CC1. The van der Waals surface area contributed by atoms with Gasteiger partial charge in [-0.25, -0.2) is 4.79 Å². The molecule has 0 unspecified atom stereocenters. The van der Waals surface area contributed by atoms with Crippen LogP contribution in [-0.4, -0.2) is 61.5 Å². The number of thiocarbonyl (C=S) groups is 1. The third-order valence-electron chi connectivity index (χ3n) is 6.17. The Kier molecular flexibility index (Phi) is 9.50. The Balaban J connectivity index is 1.32. The van der Waals surface area contributed by atoms with E-state index in [4.69, 9.17) is 40.2 Å². The standard InChI is InChI=1S/C22H32Cl2N4O2S/c1-2-30-22(29)26-21(31)25-17-8-6-16(7-9-17)10-11-27-12-14-28(15-13-27)19-5-3-4-18(23)20(19)24/h3-5,16-17H,2,6-15H2,1H3,(H2,25,26,29,31)/t16-,17-. The van der Waals surface area contributed by atoms with E-state index in [2.05, 4.69) is 20.4 Å². The maximum Gasteiger partial charge on any atom is 0.413 e. The van der Waals surface area contributed by atoms with Crippen LogP contribution in [0.25, 0.3) is 0 Å². The van der Waals surface area contributed by atoms with Crippen LogP contribution in [0.3, 0.4) is 0 Å². The third kappa shape index (κ3) is 7.38. The number of hydrogen-bond donors (Lipinski definition) is 2. The summed E-state index contributed by atoms with van der Waals surface area (Å²) < 4.78 is 4.85. The highest BCUT2D eigenvalue weighted by Gasteiger charge is 2.24. The van der Waals surface area contributed by atoms with Crippen LogP contribution in [0.1, 0.15) is 39.0 Å². The maximum atomic E-state index is 11.4. The van der Waals surface area contributed by atoms with Crippen molar-refractivity contribution in [3.8, 4) is 0 Å². The van der Waals surface area contributed by atoms with Crippen molar-refractivity contribution < 1.29 is 9.53 Å². The molecule has 0 radical (unpaired) electrons. The van der Waals surface area contributed by atoms with Crippen LogP contribution in [0, 0.1) is 5.92 Å². The first-order chi connectivity index (χ1) is 15.0. The number of benzene rings is 1. The van der Waals surface area contributed by atoms with Gasteiger partial charge in [-0.1, -0.05) is 29.3 Å². The van der Waals surface area contributed by atoms with Crippen molar-refractivity contribution in [2.75, 3.05) is 44.2 Å². The fraction of sp³-hybridized carbons (Fsp3) is 0.636. The van der Waals surface area contributed by atoms with Gasteiger partial charge in [0.25, 0.3) is 0 Å². The zero-order valence-electron chi connectivity index (χ0n) is 18.0. The molecule has 1 aliphatic carbocycles. The van der Waals surface area contributed by atoms with Crippen LogP contribution >= 0.6 is 35.4 Å². The Hall–Kier alpha value is -1.28. The van der Waals surface area contributed by atoms with Crippen molar-refractivity contribution in [1.29, 1.82) is 0 Å². The van der Waals surface area contributed by atoms with Crippen LogP contribution in [-0.2, 0) is 4.74 Å². The van der Waals surface area contributed by atoms with E-state index in [0.29, 0.717) is 27.8 Å². The van der Waals surface area contributed by atoms with Gasteiger partial charge in [0, 0.05) is 32.2 Å². The number of rotatable bonds is 6. The zero-order valence-corrected chi connectivity index (χ0v) is 20.4. The molecule has 172 valence electrons. The molecule has 0 bridgehead atoms. The van der Waals surface area contributed by atoms with Gasteiger partial charge in [-0.3, -0.25) is 10.2 Å². The number of halogens is 2. The van der Waals surface area contributed by atoms with E-state index >= 15 is 0 Å². The number of piperazine rings is 1. The van der Waals surface area contributed by atoms with E-state index in [1.807, 2.05) is 18.2 Å². The monoisotopic (exact) mass is 486 g/mol. The van der Waals surface area contributed by atoms with Crippen molar-refractivity contribution in [3.05, 3.63) is 28.2 Å². The Bertz CT molecular complexity index is 751. The van der Waals surface area contributed by atoms with Crippen molar-refractivity contribution in [2.45, 2.75) is 45.1 Å². The molecule has 3 rings (SSSR count). The largest absolute Gasteiger partial charge is 0.450 e. The van der Waals surface area contributed by atoms with Gasteiger partial charge >= 0.3 is 6.09 Å². The second-order valence-corrected chi connectivity index (χ2v) is 9.42. The number of anilines is 1. The Morgan fingerprint density at radius 1 is 1.16 bits per heavy atom. The van der Waals surface area contributed by atoms with Gasteiger partial charge in [0.05, 0.1) is 22.3 Å². The lowest BCUT2D eigenvalue weighted by molar-refractivity contribution is 0.157. The van der Waals surface area contributed by atoms with Crippen molar-refractivity contribution in [3.63, 3.8) is 0 Å². The number of carbonyl (C=O) groups is 1. The van der Waals surface area contributed by atoms with Crippen LogP contribution in [0.15, 0.2) is 18.2 Å². The van der Waals surface area contributed by atoms with Gasteiger partial charge in [-0.15, -0.1) is 0 Å². The predicted octanol–water partition coefficient (Wildman–Crippen LogP) is 4.68. The van der Waals surface area contributed by atoms with Crippen molar-refractivity contribution in [1.82, 2.24) is 15.5 Å². The van der Waals surface area contributed by atoms with Crippen LogP contribution in [0.5, 0.6) is 0 Å². The second-order valence-electron chi connectivity index (χ2n) is 8.23. The molecular formula is C22H32Cl2N4O2S. The number of nitrogens with zero attached hydrogens (tertiary/aromatic N) is 2. The molecule has 1 aromatic carbocycles. The molecule has 6 nitrogen and oxygen atoms in total. The average Bonchev–Trinajstić information content (AvgIpc) is 2.76. The molecule has 31 heavy (non-hydrogen) atoms. The van der Waals surface area contributed by atoms with E-state index in [9.17, 15) is 4.79 Å². The van der Waals surface area contributed by atoms with Gasteiger partial charge in [0.2, 0.25) is 0 Å². The predicted molar refractivity (Wildman–Crippen MR) is 131 cm³/mol. The molecule has 2 N–H and O–H groups in total. The molecule has 0 aromatic heterocycles. The third-order valence-corrected chi connectivity index (χ3v) is 7.20. The molecule has 0 spiro atoms. The summed E-state index contributed by atoms with van der Waals surface area (Å²) in [6.45, 7) is 7.29. The molecule has 0 atom stereocenters. The van der Waals surface area contributed by atoms with Crippen molar-refractivity contribution >= 4 is 52.3 Å². The summed E-state index contributed by atoms with van der Waals surface area (Å²) in [5.41, 5.74) is 1.04. The molecule has 1 aromatic rings. The lowest BCUT2D eigenvalue weighted by Crippen LogP contribution is -2.47. The van der Waals surface area contributed by atoms with Gasteiger partial charge < -0.3 is 15.0 Å². The minimum Gasteiger partial charge on any atom is -0.450 e. The number of nitrogens with one attached hydrogen (secondary N) is 2. The summed E-state index contributed by atoms with van der Waals surface area (Å²) in [7, 11) is 0. The van der Waals surface area contributed by atoms with Crippen LogP contribution in [0.2, 0.25) is 10.0 Å². The summed E-state index contributed by atoms with van der Waals surface area (Å²) in [5.74, 6) is 0.755. The molecule has 1 heterocycles. The topological polar surface area (TPSA) is 56.8 Å². The summed E-state index contributed by atoms with van der Waals surface area (Å²) in [6.07, 6.45) is 5.28. The minimum absolute atomic E-state index is 0.330. The molecular weight excluding hydrogens is 455 g/mol. The molecule has 1 aliphatic heterocycles. The van der Waals surface area contributed by atoms with Crippen molar-refractivity contribution in [2.24, 2.45) is 5.92 Å². The summed E-state index contributed by atoms with van der Waals surface area (Å²) >= 11 is 17.7. The summed E-state index contributed by atoms with van der Waals surface area (Å²) in [4.78, 5) is 16.3. The molecule has 2 fully saturated rings. The van der Waals surface area contributed by atoms with Gasteiger partial charge in [-0.2, -0.15) is 0 Å². The average molecular weight is 487 g/mol. The highest BCUT2D eigenvalue weighted by atomic mass is 35.5. The smallest absolute Gasteiger partial charge is 0.413 e. The van der Waals surface area contributed by atoms with E-state index < -0.39 is 6.09 Å². The number of ether oxygens (including phenoxy) is 1.